The topological polar surface area (TPSA) is 29.1 Å². The smallest absolute Gasteiger partial charge is 0.323 e. The van der Waals surface area contributed by atoms with Crippen molar-refractivity contribution in [3.63, 3.8) is 0 Å². The van der Waals surface area contributed by atoms with Crippen molar-refractivity contribution in [2.45, 2.75) is 18.5 Å². The number of hydrogen-bond acceptors (Lipinski definition) is 1. The quantitative estimate of drug-likeness (QED) is 0.748. The highest BCUT2D eigenvalue weighted by Crippen LogP contribution is 2.48. The first-order valence-electron chi connectivity index (χ1n) is 7.19. The summed E-state index contributed by atoms with van der Waals surface area (Å²) in [5.41, 5.74) is -0.551. The van der Waals surface area contributed by atoms with Gasteiger partial charge in [-0.3, -0.25) is 4.79 Å². The Hall–Kier alpha value is -2.08. The number of rotatable bonds is 3. The maximum absolute atomic E-state index is 13.7. The Labute approximate surface area is 140 Å². The molecule has 1 amide bonds. The predicted octanol–water partition coefficient (Wildman–Crippen LogP) is 5.24. The van der Waals surface area contributed by atoms with Crippen LogP contribution < -0.4 is 5.32 Å². The molecule has 0 heterocycles. The summed E-state index contributed by atoms with van der Waals surface area (Å²) in [5.74, 6) is -1.82. The summed E-state index contributed by atoms with van der Waals surface area (Å²) >= 11 is 5.80. The lowest BCUT2D eigenvalue weighted by atomic mass is 10.1. The van der Waals surface area contributed by atoms with Gasteiger partial charge in [0.05, 0.1) is 11.3 Å². The number of carbonyl (C=O) groups excluding carboxylic acids is 1. The Kier molecular flexibility index (Phi) is 4.25. The molecule has 0 aromatic heterocycles. The zero-order chi connectivity index (χ0) is 17.5. The number of anilines is 1. The molecule has 1 fully saturated rings. The molecule has 2 aromatic rings. The molecule has 0 spiro atoms. The molecule has 126 valence electrons. The number of carbonyl (C=O) groups is 1. The van der Waals surface area contributed by atoms with Crippen molar-refractivity contribution in [3.8, 4) is 0 Å². The van der Waals surface area contributed by atoms with E-state index in [0.29, 0.717) is 29.6 Å². The fourth-order valence-corrected chi connectivity index (χ4v) is 2.71. The summed E-state index contributed by atoms with van der Waals surface area (Å²) < 4.78 is 51.7. The SMILES string of the molecule is O=C(Nc1cc(C(F)(F)F)ccc1F)C1CC1c1ccc(Cl)cc1. The molecular weight excluding hydrogens is 346 g/mol. The third kappa shape index (κ3) is 3.53. The number of hydrogen-bond donors (Lipinski definition) is 1. The average Bonchev–Trinajstić information content (AvgIpc) is 3.29. The third-order valence-electron chi connectivity index (χ3n) is 3.98. The standard InChI is InChI=1S/C17H12ClF4NO/c18-11-4-1-9(2-5-11)12-8-13(12)16(24)23-15-7-10(17(20,21)22)3-6-14(15)19/h1-7,12-13H,8H2,(H,23,24). The summed E-state index contributed by atoms with van der Waals surface area (Å²) in [6.45, 7) is 0. The summed E-state index contributed by atoms with van der Waals surface area (Å²) in [6, 6.07) is 8.94. The first-order valence-corrected chi connectivity index (χ1v) is 7.56. The molecule has 0 radical (unpaired) electrons. The van der Waals surface area contributed by atoms with Crippen molar-refractivity contribution < 1.29 is 22.4 Å². The number of nitrogens with one attached hydrogen (secondary N) is 1. The van der Waals surface area contributed by atoms with Crippen LogP contribution in [0.15, 0.2) is 42.5 Å². The Balaban J connectivity index is 1.71. The number of alkyl halides is 3. The highest BCUT2D eigenvalue weighted by atomic mass is 35.5. The van der Waals surface area contributed by atoms with Crippen molar-refractivity contribution in [2.75, 3.05) is 5.32 Å². The van der Waals surface area contributed by atoms with E-state index in [0.717, 1.165) is 5.56 Å². The molecule has 3 rings (SSSR count). The molecule has 2 atom stereocenters. The highest BCUT2D eigenvalue weighted by Gasteiger charge is 2.44. The zero-order valence-electron chi connectivity index (χ0n) is 12.2. The van der Waals surface area contributed by atoms with Crippen molar-refractivity contribution in [1.82, 2.24) is 0 Å². The van der Waals surface area contributed by atoms with Gasteiger partial charge in [-0.2, -0.15) is 13.2 Å². The van der Waals surface area contributed by atoms with E-state index in [4.69, 9.17) is 11.6 Å². The van der Waals surface area contributed by atoms with Crippen LogP contribution in [-0.2, 0) is 11.0 Å². The van der Waals surface area contributed by atoms with Gasteiger partial charge in [-0.15, -0.1) is 0 Å². The Morgan fingerprint density at radius 3 is 2.42 bits per heavy atom. The van der Waals surface area contributed by atoms with Crippen molar-refractivity contribution >= 4 is 23.2 Å². The van der Waals surface area contributed by atoms with E-state index >= 15 is 0 Å². The van der Waals surface area contributed by atoms with Gasteiger partial charge in [-0.25, -0.2) is 4.39 Å². The van der Waals surface area contributed by atoms with Gasteiger partial charge < -0.3 is 5.32 Å². The Morgan fingerprint density at radius 1 is 1.12 bits per heavy atom. The van der Waals surface area contributed by atoms with Gasteiger partial charge in [-0.05, 0) is 48.2 Å². The van der Waals surface area contributed by atoms with Crippen LogP contribution in [0.5, 0.6) is 0 Å². The average molecular weight is 358 g/mol. The Bertz CT molecular complexity index is 773. The summed E-state index contributed by atoms with van der Waals surface area (Å²) in [6.07, 6.45) is -4.04. The normalized spacial score (nSPS) is 19.9. The molecule has 1 aliphatic carbocycles. The van der Waals surface area contributed by atoms with Gasteiger partial charge in [-0.1, -0.05) is 23.7 Å². The maximum atomic E-state index is 13.7. The van der Waals surface area contributed by atoms with Crippen LogP contribution in [0, 0.1) is 11.7 Å². The van der Waals surface area contributed by atoms with E-state index < -0.39 is 29.2 Å². The fourth-order valence-electron chi connectivity index (χ4n) is 2.59. The van der Waals surface area contributed by atoms with E-state index in [2.05, 4.69) is 5.32 Å². The van der Waals surface area contributed by atoms with Gasteiger partial charge in [0, 0.05) is 10.9 Å². The van der Waals surface area contributed by atoms with Crippen molar-refractivity contribution in [1.29, 1.82) is 0 Å². The predicted molar refractivity (Wildman–Crippen MR) is 82.3 cm³/mol. The highest BCUT2D eigenvalue weighted by molar-refractivity contribution is 6.30. The summed E-state index contributed by atoms with van der Waals surface area (Å²) in [4.78, 5) is 12.2. The van der Waals surface area contributed by atoms with Crippen LogP contribution in [0.1, 0.15) is 23.5 Å². The largest absolute Gasteiger partial charge is 0.416 e. The second-order valence-electron chi connectivity index (χ2n) is 5.68. The minimum atomic E-state index is -4.60. The molecule has 2 unspecified atom stereocenters. The first kappa shape index (κ1) is 16.8. The van der Waals surface area contributed by atoms with Gasteiger partial charge in [0.1, 0.15) is 5.82 Å². The number of amides is 1. The molecule has 1 aliphatic rings. The van der Waals surface area contributed by atoms with Gasteiger partial charge in [0.2, 0.25) is 5.91 Å². The van der Waals surface area contributed by atoms with E-state index in [1.165, 1.54) is 0 Å². The summed E-state index contributed by atoms with van der Waals surface area (Å²) in [7, 11) is 0. The molecule has 1 saturated carbocycles. The molecule has 0 saturated heterocycles. The van der Waals surface area contributed by atoms with Crippen LogP contribution >= 0.6 is 11.6 Å². The molecule has 2 aromatic carbocycles. The van der Waals surface area contributed by atoms with Crippen molar-refractivity contribution in [3.05, 3.63) is 64.4 Å². The van der Waals surface area contributed by atoms with Crippen LogP contribution in [0.3, 0.4) is 0 Å². The molecule has 1 N–H and O–H groups in total. The molecule has 24 heavy (non-hydrogen) atoms. The monoisotopic (exact) mass is 357 g/mol. The van der Waals surface area contributed by atoms with E-state index in [1.54, 1.807) is 24.3 Å². The lowest BCUT2D eigenvalue weighted by Crippen LogP contribution is -2.16. The van der Waals surface area contributed by atoms with Crippen molar-refractivity contribution in [2.24, 2.45) is 5.92 Å². The maximum Gasteiger partial charge on any atom is 0.416 e. The van der Waals surface area contributed by atoms with Gasteiger partial charge >= 0.3 is 6.18 Å². The minimum Gasteiger partial charge on any atom is -0.323 e. The number of halogens is 5. The van der Waals surface area contributed by atoms with Crippen LogP contribution in [0.2, 0.25) is 5.02 Å². The lowest BCUT2D eigenvalue weighted by molar-refractivity contribution is -0.137. The Morgan fingerprint density at radius 2 is 1.79 bits per heavy atom. The fraction of sp³-hybridized carbons (Fsp3) is 0.235. The second kappa shape index (κ2) is 6.09. The van der Waals surface area contributed by atoms with Crippen LogP contribution in [0.4, 0.5) is 23.2 Å². The molecule has 7 heteroatoms. The van der Waals surface area contributed by atoms with Gasteiger partial charge in [0.15, 0.2) is 0 Å². The molecule has 2 nitrogen and oxygen atoms in total. The molecular formula is C17H12ClF4NO. The third-order valence-corrected chi connectivity index (χ3v) is 4.23. The lowest BCUT2D eigenvalue weighted by Gasteiger charge is -2.11. The van der Waals surface area contributed by atoms with E-state index in [9.17, 15) is 22.4 Å². The minimum absolute atomic E-state index is 0.0314. The van der Waals surface area contributed by atoms with E-state index in [-0.39, 0.29) is 11.8 Å². The van der Waals surface area contributed by atoms with Gasteiger partial charge in [0.25, 0.3) is 0 Å². The van der Waals surface area contributed by atoms with Crippen LogP contribution in [0.25, 0.3) is 0 Å². The number of benzene rings is 2. The molecule has 0 aliphatic heterocycles. The van der Waals surface area contributed by atoms with E-state index in [1.807, 2.05) is 0 Å². The first-order chi connectivity index (χ1) is 11.3. The van der Waals surface area contributed by atoms with Crippen LogP contribution in [-0.4, -0.2) is 5.91 Å². The summed E-state index contributed by atoms with van der Waals surface area (Å²) in [5, 5.41) is 2.83. The molecule has 0 bridgehead atoms. The second-order valence-corrected chi connectivity index (χ2v) is 6.12. The zero-order valence-corrected chi connectivity index (χ0v) is 13.0.